The summed E-state index contributed by atoms with van der Waals surface area (Å²) in [5.74, 6) is -2.65. The molecule has 0 fully saturated rings. The Hall–Kier alpha value is -0.470. The molecule has 186 valence electrons. The molecule has 1 N–H and O–H groups in total. The first-order valence-electron chi connectivity index (χ1n) is 9.94. The van der Waals surface area contributed by atoms with E-state index in [0.29, 0.717) is 23.6 Å². The molecule has 35 heavy (non-hydrogen) atoms. The van der Waals surface area contributed by atoms with Crippen LogP contribution in [0.25, 0.3) is 0 Å². The van der Waals surface area contributed by atoms with Crippen LogP contribution in [-0.2, 0) is 14.3 Å². The Morgan fingerprint density at radius 3 is 2.03 bits per heavy atom. The van der Waals surface area contributed by atoms with E-state index in [-0.39, 0.29) is 11.1 Å². The highest BCUT2D eigenvalue weighted by Crippen LogP contribution is 2.39. The summed E-state index contributed by atoms with van der Waals surface area (Å²) in [4.78, 5) is 53.2. The highest BCUT2D eigenvalue weighted by atomic mass is 127. The Kier molecular flexibility index (Phi) is 9.92. The number of hydrogen-bond acceptors (Lipinski definition) is 6. The average molecular weight is 948 g/mol. The largest absolute Gasteiger partial charge is 0.495 e. The normalized spacial score (nSPS) is 13.7. The molecular weight excluding hydrogens is 931 g/mol. The van der Waals surface area contributed by atoms with Crippen LogP contribution in [0.1, 0.15) is 34.6 Å². The Labute approximate surface area is 261 Å². The van der Waals surface area contributed by atoms with Gasteiger partial charge in [-0.1, -0.05) is 25.4 Å². The van der Waals surface area contributed by atoms with Gasteiger partial charge in [0.05, 0.1) is 23.9 Å². The topological polar surface area (TPSA) is 102 Å². The molecular formula is C22H17ClI4N2O6. The standard InChI is InChI=1S/C22H17ClI4N2O6/c1-8(2)19(22(33)35-7-12(30)28-10-6-9(23)4-5-11(10)34-3)29-20(31)13-14(21(29)32)16(25)18(27)17(26)15(13)24/h4-6,8,19H,7H2,1-3H3,(H,28,30). The van der Waals surface area contributed by atoms with E-state index < -0.39 is 42.3 Å². The number of amides is 3. The number of halogens is 5. The number of carbonyl (C=O) groups is 4. The monoisotopic (exact) mass is 948 g/mol. The van der Waals surface area contributed by atoms with Gasteiger partial charge in [-0.05, 0) is 114 Å². The van der Waals surface area contributed by atoms with E-state index in [4.69, 9.17) is 21.1 Å². The second kappa shape index (κ2) is 11.9. The zero-order chi connectivity index (χ0) is 26.2. The first-order valence-corrected chi connectivity index (χ1v) is 14.6. The van der Waals surface area contributed by atoms with E-state index in [9.17, 15) is 19.2 Å². The van der Waals surface area contributed by atoms with Gasteiger partial charge in [-0.2, -0.15) is 0 Å². The summed E-state index contributed by atoms with van der Waals surface area (Å²) >= 11 is 14.3. The van der Waals surface area contributed by atoms with Crippen molar-refractivity contribution in [3.63, 3.8) is 0 Å². The van der Waals surface area contributed by atoms with E-state index in [1.807, 2.05) is 45.2 Å². The van der Waals surface area contributed by atoms with Crippen molar-refractivity contribution < 1.29 is 28.7 Å². The van der Waals surface area contributed by atoms with Gasteiger partial charge in [0, 0.05) is 19.3 Å². The molecule has 0 spiro atoms. The number of anilines is 1. The van der Waals surface area contributed by atoms with E-state index in [1.165, 1.54) is 13.2 Å². The molecule has 13 heteroatoms. The Morgan fingerprint density at radius 2 is 1.54 bits per heavy atom. The predicted octanol–water partition coefficient (Wildman–Crippen LogP) is 5.57. The van der Waals surface area contributed by atoms with Crippen LogP contribution in [-0.4, -0.2) is 48.3 Å². The third kappa shape index (κ3) is 5.84. The molecule has 0 aromatic heterocycles. The number of hydrogen-bond donors (Lipinski definition) is 1. The Bertz CT molecular complexity index is 1210. The molecule has 1 aliphatic heterocycles. The molecule has 1 unspecified atom stereocenters. The molecule has 0 saturated heterocycles. The third-order valence-corrected chi connectivity index (χ3v) is 12.7. The number of methoxy groups -OCH3 is 1. The Balaban J connectivity index is 1.81. The number of carbonyl (C=O) groups excluding carboxylic acids is 4. The molecule has 3 rings (SSSR count). The van der Waals surface area contributed by atoms with Gasteiger partial charge in [0.2, 0.25) is 0 Å². The van der Waals surface area contributed by atoms with Crippen molar-refractivity contribution in [2.75, 3.05) is 19.0 Å². The second-order valence-electron chi connectivity index (χ2n) is 7.68. The number of nitrogens with zero attached hydrogens (tertiary/aromatic N) is 1. The number of ether oxygens (including phenoxy) is 2. The van der Waals surface area contributed by atoms with E-state index >= 15 is 0 Å². The summed E-state index contributed by atoms with van der Waals surface area (Å²) < 4.78 is 13.5. The lowest BCUT2D eigenvalue weighted by atomic mass is 10.0. The van der Waals surface area contributed by atoms with Crippen molar-refractivity contribution in [1.82, 2.24) is 4.90 Å². The molecule has 0 aliphatic carbocycles. The number of fused-ring (bicyclic) bond motifs is 1. The number of rotatable bonds is 7. The zero-order valence-electron chi connectivity index (χ0n) is 18.4. The molecule has 3 amide bonds. The first kappa shape index (κ1) is 29.1. The molecule has 2 aromatic carbocycles. The number of nitrogens with one attached hydrogen (secondary N) is 1. The van der Waals surface area contributed by atoms with Gasteiger partial charge in [0.1, 0.15) is 11.8 Å². The highest BCUT2D eigenvalue weighted by Gasteiger charge is 2.47. The quantitative estimate of drug-likeness (QED) is 0.128. The Morgan fingerprint density at radius 1 is 1.00 bits per heavy atom. The zero-order valence-corrected chi connectivity index (χ0v) is 27.8. The maximum atomic E-state index is 13.4. The van der Waals surface area contributed by atoms with Crippen LogP contribution in [0.5, 0.6) is 5.75 Å². The van der Waals surface area contributed by atoms with Gasteiger partial charge in [-0.15, -0.1) is 0 Å². The predicted molar refractivity (Wildman–Crippen MR) is 164 cm³/mol. The summed E-state index contributed by atoms with van der Waals surface area (Å²) in [6, 6.07) is 3.50. The van der Waals surface area contributed by atoms with Crippen LogP contribution in [0.2, 0.25) is 5.02 Å². The van der Waals surface area contributed by atoms with E-state index in [1.54, 1.807) is 26.0 Å². The van der Waals surface area contributed by atoms with Gasteiger partial charge in [0.15, 0.2) is 6.61 Å². The fraction of sp³-hybridized carbons (Fsp3) is 0.273. The molecule has 1 aliphatic rings. The van der Waals surface area contributed by atoms with Gasteiger partial charge in [-0.3, -0.25) is 19.3 Å². The SMILES string of the molecule is COc1ccc(Cl)cc1NC(=O)COC(=O)C(C(C)C)N1C(=O)c2c(I)c(I)c(I)c(I)c2C1=O. The van der Waals surface area contributed by atoms with Gasteiger partial charge >= 0.3 is 5.97 Å². The van der Waals surface area contributed by atoms with Crippen molar-refractivity contribution in [3.8, 4) is 5.75 Å². The van der Waals surface area contributed by atoms with Crippen LogP contribution in [0.4, 0.5) is 5.69 Å². The molecule has 1 heterocycles. The highest BCUT2D eigenvalue weighted by molar-refractivity contribution is 14.1. The molecule has 0 radical (unpaired) electrons. The minimum atomic E-state index is -1.20. The summed E-state index contributed by atoms with van der Waals surface area (Å²) in [5.41, 5.74) is 0.887. The van der Waals surface area contributed by atoms with E-state index in [0.717, 1.165) is 12.0 Å². The first-order chi connectivity index (χ1) is 16.4. The van der Waals surface area contributed by atoms with Crippen LogP contribution in [0.3, 0.4) is 0 Å². The minimum absolute atomic E-state index is 0.286. The van der Waals surface area contributed by atoms with Crippen molar-refractivity contribution >= 4 is 131 Å². The lowest BCUT2D eigenvalue weighted by Gasteiger charge is -2.27. The maximum Gasteiger partial charge on any atom is 0.330 e. The number of esters is 1. The summed E-state index contributed by atoms with van der Waals surface area (Å²) in [5, 5.41) is 2.96. The molecule has 1 atom stereocenters. The van der Waals surface area contributed by atoms with Gasteiger partial charge in [0.25, 0.3) is 17.7 Å². The molecule has 0 bridgehead atoms. The third-order valence-electron chi connectivity index (χ3n) is 5.06. The van der Waals surface area contributed by atoms with E-state index in [2.05, 4.69) is 50.5 Å². The summed E-state index contributed by atoms with van der Waals surface area (Å²) in [7, 11) is 1.44. The molecule has 2 aromatic rings. The lowest BCUT2D eigenvalue weighted by molar-refractivity contribution is -0.152. The van der Waals surface area contributed by atoms with Crippen LogP contribution in [0.15, 0.2) is 18.2 Å². The smallest absolute Gasteiger partial charge is 0.330 e. The lowest BCUT2D eigenvalue weighted by Crippen LogP contribution is -2.49. The van der Waals surface area contributed by atoms with Gasteiger partial charge in [-0.25, -0.2) is 4.79 Å². The maximum absolute atomic E-state index is 13.4. The van der Waals surface area contributed by atoms with Crippen molar-refractivity contribution in [2.24, 2.45) is 5.92 Å². The molecule has 0 saturated carbocycles. The van der Waals surface area contributed by atoms with Crippen LogP contribution >= 0.6 is 102 Å². The van der Waals surface area contributed by atoms with Crippen molar-refractivity contribution in [3.05, 3.63) is 48.6 Å². The summed E-state index contributed by atoms with van der Waals surface area (Å²) in [6.45, 7) is 2.79. The average Bonchev–Trinajstić information content (AvgIpc) is 3.05. The number of imide groups is 1. The second-order valence-corrected chi connectivity index (χ2v) is 12.4. The summed E-state index contributed by atoms with van der Waals surface area (Å²) in [6.07, 6.45) is 0. The van der Waals surface area contributed by atoms with Crippen molar-refractivity contribution in [1.29, 1.82) is 0 Å². The molecule has 8 nitrogen and oxygen atoms in total. The fourth-order valence-corrected chi connectivity index (χ4v) is 7.30. The van der Waals surface area contributed by atoms with Gasteiger partial charge < -0.3 is 14.8 Å². The fourth-order valence-electron chi connectivity index (χ4n) is 3.48. The van der Waals surface area contributed by atoms with Crippen LogP contribution in [0, 0.1) is 20.2 Å². The minimum Gasteiger partial charge on any atom is -0.495 e. The van der Waals surface area contributed by atoms with Crippen LogP contribution < -0.4 is 10.1 Å². The van der Waals surface area contributed by atoms with Crippen molar-refractivity contribution in [2.45, 2.75) is 19.9 Å². The number of benzene rings is 2.